The van der Waals surface area contributed by atoms with Crippen molar-refractivity contribution in [2.75, 3.05) is 4.90 Å². The van der Waals surface area contributed by atoms with E-state index in [0.29, 0.717) is 33.0 Å². The standard InChI is InChI=1S/C26H22ClN3O4/c1-13(2)24(32)30-21-16-7-5-6-8-17(16)22(31)19(21)18(14-9-11-15(27)12-10-14)20-23(30)28(3)26(34)29(4)25(20)33/h5-13,18H,1-4H3/t18-/m1/s1. The number of anilines is 1. The zero-order valence-electron chi connectivity index (χ0n) is 19.1. The summed E-state index contributed by atoms with van der Waals surface area (Å²) in [6, 6.07) is 14.0. The number of carbonyl (C=O) groups is 2. The average Bonchev–Trinajstić information content (AvgIpc) is 3.12. The third kappa shape index (κ3) is 2.90. The lowest BCUT2D eigenvalue weighted by molar-refractivity contribution is -0.120. The SMILES string of the molecule is CC(C)C(=O)N1C2=C(C(=O)c3ccccc32)[C@@H](c2ccc(Cl)cc2)c2c1n(C)c(=O)n(C)c2=O. The van der Waals surface area contributed by atoms with Crippen LogP contribution in [0.4, 0.5) is 5.82 Å². The summed E-state index contributed by atoms with van der Waals surface area (Å²) in [5.41, 5.74) is 1.62. The molecule has 34 heavy (non-hydrogen) atoms. The molecule has 1 aliphatic carbocycles. The van der Waals surface area contributed by atoms with Gasteiger partial charge in [-0.15, -0.1) is 0 Å². The summed E-state index contributed by atoms with van der Waals surface area (Å²) >= 11 is 6.12. The minimum absolute atomic E-state index is 0.190. The van der Waals surface area contributed by atoms with Crippen molar-refractivity contribution >= 4 is 34.8 Å². The van der Waals surface area contributed by atoms with Crippen LogP contribution in [-0.2, 0) is 18.9 Å². The highest BCUT2D eigenvalue weighted by Crippen LogP contribution is 2.51. The Morgan fingerprint density at radius 2 is 1.53 bits per heavy atom. The van der Waals surface area contributed by atoms with Gasteiger partial charge in [0, 0.05) is 47.7 Å². The van der Waals surface area contributed by atoms with E-state index >= 15 is 0 Å². The highest BCUT2D eigenvalue weighted by molar-refractivity contribution is 6.30. The van der Waals surface area contributed by atoms with Crippen LogP contribution in [0.3, 0.4) is 0 Å². The lowest BCUT2D eigenvalue weighted by Crippen LogP contribution is -2.48. The van der Waals surface area contributed by atoms with Gasteiger partial charge in [0.1, 0.15) is 5.82 Å². The van der Waals surface area contributed by atoms with Gasteiger partial charge in [-0.3, -0.25) is 28.4 Å². The molecular weight excluding hydrogens is 454 g/mol. The van der Waals surface area contributed by atoms with Crippen LogP contribution in [-0.4, -0.2) is 20.8 Å². The Labute approximate surface area is 200 Å². The predicted octanol–water partition coefficient (Wildman–Crippen LogP) is 3.48. The first-order valence-electron chi connectivity index (χ1n) is 10.9. The highest BCUT2D eigenvalue weighted by Gasteiger charge is 2.47. The van der Waals surface area contributed by atoms with Crippen molar-refractivity contribution < 1.29 is 9.59 Å². The minimum Gasteiger partial charge on any atom is -0.289 e. The molecule has 0 radical (unpaired) electrons. The molecule has 2 aromatic carbocycles. The molecule has 0 saturated carbocycles. The Morgan fingerprint density at radius 3 is 2.15 bits per heavy atom. The zero-order chi connectivity index (χ0) is 24.5. The zero-order valence-corrected chi connectivity index (χ0v) is 19.9. The molecule has 172 valence electrons. The fourth-order valence-corrected chi connectivity index (χ4v) is 5.01. The van der Waals surface area contributed by atoms with Crippen molar-refractivity contribution in [3.05, 3.63) is 102 Å². The molecule has 0 N–H and O–H groups in total. The minimum atomic E-state index is -0.774. The number of halogens is 1. The highest BCUT2D eigenvalue weighted by atomic mass is 35.5. The second kappa shape index (κ2) is 7.67. The molecule has 8 heteroatoms. The monoisotopic (exact) mass is 475 g/mol. The predicted molar refractivity (Wildman–Crippen MR) is 130 cm³/mol. The maximum atomic E-state index is 13.8. The second-order valence-corrected chi connectivity index (χ2v) is 9.33. The lowest BCUT2D eigenvalue weighted by Gasteiger charge is -2.37. The smallest absolute Gasteiger partial charge is 0.289 e. The molecule has 0 saturated heterocycles. The summed E-state index contributed by atoms with van der Waals surface area (Å²) in [5.74, 6) is -1.58. The van der Waals surface area contributed by atoms with E-state index in [4.69, 9.17) is 11.6 Å². The number of aromatic nitrogens is 2. The quantitative estimate of drug-likeness (QED) is 0.568. The molecule has 0 spiro atoms. The van der Waals surface area contributed by atoms with Gasteiger partial charge in [-0.2, -0.15) is 0 Å². The molecule has 5 rings (SSSR count). The fourth-order valence-electron chi connectivity index (χ4n) is 4.89. The van der Waals surface area contributed by atoms with Crippen LogP contribution in [0.25, 0.3) is 5.70 Å². The molecule has 0 unspecified atom stereocenters. The third-order valence-electron chi connectivity index (χ3n) is 6.52. The van der Waals surface area contributed by atoms with Gasteiger partial charge >= 0.3 is 5.69 Å². The molecular formula is C26H22ClN3O4. The van der Waals surface area contributed by atoms with Crippen LogP contribution in [0.15, 0.2) is 63.7 Å². The number of ketones is 1. The Kier molecular flexibility index (Phi) is 4.98. The van der Waals surface area contributed by atoms with E-state index in [9.17, 15) is 19.2 Å². The van der Waals surface area contributed by atoms with Crippen molar-refractivity contribution in [3.63, 3.8) is 0 Å². The van der Waals surface area contributed by atoms with Crippen molar-refractivity contribution in [2.24, 2.45) is 20.0 Å². The molecule has 2 aliphatic rings. The van der Waals surface area contributed by atoms with Crippen LogP contribution in [0.2, 0.25) is 5.02 Å². The number of rotatable bonds is 2. The van der Waals surface area contributed by atoms with E-state index in [1.165, 1.54) is 23.6 Å². The third-order valence-corrected chi connectivity index (χ3v) is 6.78. The van der Waals surface area contributed by atoms with Crippen molar-refractivity contribution in [2.45, 2.75) is 19.8 Å². The number of nitrogens with zero attached hydrogens (tertiary/aromatic N) is 3. The van der Waals surface area contributed by atoms with E-state index in [1.54, 1.807) is 62.4 Å². The van der Waals surface area contributed by atoms with Gasteiger partial charge < -0.3 is 0 Å². The van der Waals surface area contributed by atoms with Gasteiger partial charge in [-0.25, -0.2) is 4.79 Å². The average molecular weight is 476 g/mol. The number of fused-ring (bicyclic) bond motifs is 3. The van der Waals surface area contributed by atoms with E-state index < -0.39 is 23.1 Å². The van der Waals surface area contributed by atoms with Gasteiger partial charge in [0.05, 0.1) is 11.3 Å². The van der Waals surface area contributed by atoms with Crippen LogP contribution >= 0.6 is 11.6 Å². The van der Waals surface area contributed by atoms with Gasteiger partial charge in [-0.1, -0.05) is 61.8 Å². The number of allylic oxidation sites excluding steroid dienone is 1. The summed E-state index contributed by atoms with van der Waals surface area (Å²) in [6.45, 7) is 3.49. The summed E-state index contributed by atoms with van der Waals surface area (Å²) in [7, 11) is 2.93. The Hall–Kier alpha value is -3.71. The molecule has 3 aromatic rings. The molecule has 0 bridgehead atoms. The van der Waals surface area contributed by atoms with E-state index in [1.807, 2.05) is 0 Å². The van der Waals surface area contributed by atoms with Crippen molar-refractivity contribution in [1.82, 2.24) is 9.13 Å². The van der Waals surface area contributed by atoms with Crippen LogP contribution < -0.4 is 16.1 Å². The van der Waals surface area contributed by atoms with Crippen LogP contribution in [0.5, 0.6) is 0 Å². The summed E-state index contributed by atoms with van der Waals surface area (Å²) in [5, 5.41) is 0.514. The van der Waals surface area contributed by atoms with Gasteiger partial charge in [-0.05, 0) is 17.7 Å². The number of benzene rings is 2. The molecule has 1 atom stereocenters. The Balaban J connectivity index is 1.98. The fraction of sp³-hybridized carbons (Fsp3) is 0.231. The van der Waals surface area contributed by atoms with E-state index in [2.05, 4.69) is 0 Å². The molecule has 2 heterocycles. The van der Waals surface area contributed by atoms with Crippen LogP contribution in [0, 0.1) is 5.92 Å². The molecule has 7 nitrogen and oxygen atoms in total. The molecule has 1 amide bonds. The number of hydrogen-bond donors (Lipinski definition) is 0. The first kappa shape index (κ1) is 22.1. The van der Waals surface area contributed by atoms with Gasteiger partial charge in [0.25, 0.3) is 5.56 Å². The number of Topliss-reactive ketones (excluding diaryl/α,β-unsaturated/α-hetero) is 1. The first-order chi connectivity index (χ1) is 16.1. The normalized spacial score (nSPS) is 16.6. The Bertz CT molecular complexity index is 1540. The van der Waals surface area contributed by atoms with Crippen LogP contribution in [0.1, 0.15) is 46.8 Å². The molecule has 1 aliphatic heterocycles. The maximum Gasteiger partial charge on any atom is 0.332 e. The topological polar surface area (TPSA) is 81.4 Å². The van der Waals surface area contributed by atoms with Crippen molar-refractivity contribution in [3.8, 4) is 0 Å². The van der Waals surface area contributed by atoms with E-state index in [-0.39, 0.29) is 23.1 Å². The van der Waals surface area contributed by atoms with E-state index in [0.717, 1.165) is 4.57 Å². The lowest BCUT2D eigenvalue weighted by atomic mass is 9.80. The second-order valence-electron chi connectivity index (χ2n) is 8.89. The summed E-state index contributed by atoms with van der Waals surface area (Å²) in [4.78, 5) is 55.4. The first-order valence-corrected chi connectivity index (χ1v) is 11.3. The summed E-state index contributed by atoms with van der Waals surface area (Å²) in [6.07, 6.45) is 0. The number of hydrogen-bond acceptors (Lipinski definition) is 4. The van der Waals surface area contributed by atoms with Crippen molar-refractivity contribution in [1.29, 1.82) is 0 Å². The summed E-state index contributed by atoms with van der Waals surface area (Å²) < 4.78 is 2.33. The molecule has 1 aromatic heterocycles. The van der Waals surface area contributed by atoms with Gasteiger partial charge in [0.2, 0.25) is 5.91 Å². The number of amides is 1. The Morgan fingerprint density at radius 1 is 0.912 bits per heavy atom. The largest absolute Gasteiger partial charge is 0.332 e. The number of carbonyl (C=O) groups excluding carboxylic acids is 2. The maximum absolute atomic E-state index is 13.8. The molecule has 0 fully saturated rings. The van der Waals surface area contributed by atoms with Gasteiger partial charge in [0.15, 0.2) is 5.78 Å².